The first kappa shape index (κ1) is 24.5. The molecule has 0 unspecified atom stereocenters. The minimum atomic E-state index is -0.451. The number of aromatic nitrogens is 1. The molecule has 186 valence electrons. The van der Waals surface area contributed by atoms with Crippen molar-refractivity contribution < 1.29 is 18.7 Å². The first-order valence-electron chi connectivity index (χ1n) is 11.6. The second-order valence-electron chi connectivity index (χ2n) is 8.60. The fourth-order valence-corrected chi connectivity index (χ4v) is 5.32. The molecule has 1 aromatic heterocycles. The molecule has 5 rings (SSSR count). The fraction of sp³-hybridized carbons (Fsp3) is 0.138. The highest BCUT2D eigenvalue weighted by Crippen LogP contribution is 2.36. The van der Waals surface area contributed by atoms with Gasteiger partial charge in [0.05, 0.1) is 29.8 Å². The van der Waals surface area contributed by atoms with Gasteiger partial charge in [0.1, 0.15) is 5.82 Å². The van der Waals surface area contributed by atoms with Crippen molar-refractivity contribution in [3.05, 3.63) is 106 Å². The summed E-state index contributed by atoms with van der Waals surface area (Å²) in [4.78, 5) is 31.7. The van der Waals surface area contributed by atoms with Crippen molar-refractivity contribution in [3.63, 3.8) is 0 Å². The summed E-state index contributed by atoms with van der Waals surface area (Å²) in [6.07, 6.45) is 1.88. The quantitative estimate of drug-likeness (QED) is 0.237. The first-order valence-corrected chi connectivity index (χ1v) is 12.4. The second kappa shape index (κ2) is 10.1. The summed E-state index contributed by atoms with van der Waals surface area (Å²) in [5.41, 5.74) is 4.33. The normalized spacial score (nSPS) is 15.8. The van der Waals surface area contributed by atoms with E-state index in [2.05, 4.69) is 9.56 Å². The summed E-state index contributed by atoms with van der Waals surface area (Å²) in [6.45, 7) is 2.36. The number of carbonyl (C=O) groups is 2. The van der Waals surface area contributed by atoms with Crippen LogP contribution in [0.15, 0.2) is 82.7 Å². The van der Waals surface area contributed by atoms with Crippen LogP contribution in [0.5, 0.6) is 0 Å². The van der Waals surface area contributed by atoms with Gasteiger partial charge in [0.15, 0.2) is 5.17 Å². The standard InChI is InChI=1S/C29H24FN3O3S/c1-18-23(22-12-5-7-14-25(22)33(18)17-20-9-4-6-13-24(20)30)16-26-27(34)32(2)29(37-26)31-21-11-8-10-19(15-21)28(35)36-3/h4-16H,17H2,1-3H3. The summed E-state index contributed by atoms with van der Waals surface area (Å²) in [5.74, 6) is -0.869. The zero-order valence-electron chi connectivity index (χ0n) is 20.6. The molecule has 0 aliphatic carbocycles. The minimum Gasteiger partial charge on any atom is -0.465 e. The molecular formula is C29H24FN3O3S. The number of ether oxygens (including phenoxy) is 1. The molecule has 0 saturated carbocycles. The van der Waals surface area contributed by atoms with E-state index in [1.165, 1.54) is 29.8 Å². The van der Waals surface area contributed by atoms with Gasteiger partial charge >= 0.3 is 5.97 Å². The summed E-state index contributed by atoms with van der Waals surface area (Å²) in [7, 11) is 3.00. The molecule has 0 N–H and O–H groups in total. The highest BCUT2D eigenvalue weighted by Gasteiger charge is 2.31. The van der Waals surface area contributed by atoms with Gasteiger partial charge in [-0.2, -0.15) is 0 Å². The Bertz CT molecular complexity index is 1610. The summed E-state index contributed by atoms with van der Waals surface area (Å²) < 4.78 is 21.3. The topological polar surface area (TPSA) is 63.9 Å². The number of thioether (sulfide) groups is 1. The lowest BCUT2D eigenvalue weighted by Gasteiger charge is -2.09. The Morgan fingerprint density at radius 2 is 1.84 bits per heavy atom. The van der Waals surface area contributed by atoms with Crippen LogP contribution in [0.25, 0.3) is 17.0 Å². The number of benzene rings is 3. The average molecular weight is 514 g/mol. The third-order valence-electron chi connectivity index (χ3n) is 6.34. The highest BCUT2D eigenvalue weighted by atomic mass is 32.2. The lowest BCUT2D eigenvalue weighted by Crippen LogP contribution is -2.23. The molecule has 1 amide bonds. The number of nitrogens with zero attached hydrogens (tertiary/aromatic N) is 3. The van der Waals surface area contributed by atoms with Crippen LogP contribution >= 0.6 is 11.8 Å². The molecule has 37 heavy (non-hydrogen) atoms. The van der Waals surface area contributed by atoms with Crippen LogP contribution < -0.4 is 0 Å². The van der Waals surface area contributed by atoms with Gasteiger partial charge in [-0.3, -0.25) is 9.69 Å². The van der Waals surface area contributed by atoms with Gasteiger partial charge in [0.25, 0.3) is 5.91 Å². The maximum atomic E-state index is 14.4. The number of rotatable bonds is 5. The molecule has 2 heterocycles. The first-order chi connectivity index (χ1) is 17.9. The van der Waals surface area contributed by atoms with Gasteiger partial charge in [0.2, 0.25) is 0 Å². The Hall–Kier alpha value is -4.17. The predicted octanol–water partition coefficient (Wildman–Crippen LogP) is 6.16. The van der Waals surface area contributed by atoms with Crippen molar-refractivity contribution in [2.45, 2.75) is 13.5 Å². The van der Waals surface area contributed by atoms with Gasteiger partial charge in [0, 0.05) is 34.8 Å². The minimum absolute atomic E-state index is 0.168. The van der Waals surface area contributed by atoms with Crippen molar-refractivity contribution in [3.8, 4) is 0 Å². The lowest BCUT2D eigenvalue weighted by atomic mass is 10.1. The van der Waals surface area contributed by atoms with E-state index < -0.39 is 5.97 Å². The largest absolute Gasteiger partial charge is 0.465 e. The molecule has 1 aliphatic rings. The van der Waals surface area contributed by atoms with Crippen molar-refractivity contribution in [2.24, 2.45) is 4.99 Å². The van der Waals surface area contributed by atoms with Crippen LogP contribution in [0, 0.1) is 12.7 Å². The van der Waals surface area contributed by atoms with Crippen molar-refractivity contribution >= 4 is 51.5 Å². The summed E-state index contributed by atoms with van der Waals surface area (Å²) >= 11 is 1.27. The molecule has 8 heteroatoms. The van der Waals surface area contributed by atoms with Crippen LogP contribution in [-0.4, -0.2) is 40.7 Å². The lowest BCUT2D eigenvalue weighted by molar-refractivity contribution is -0.121. The fourth-order valence-electron chi connectivity index (χ4n) is 4.35. The maximum Gasteiger partial charge on any atom is 0.337 e. The third kappa shape index (κ3) is 4.68. The van der Waals surface area contributed by atoms with Gasteiger partial charge in [-0.05, 0) is 55.1 Å². The molecule has 0 atom stereocenters. The number of esters is 1. The number of halogens is 1. The average Bonchev–Trinajstić information content (AvgIpc) is 3.33. The SMILES string of the molecule is COC(=O)c1cccc(N=C2SC(=Cc3c(C)n(Cc4ccccc4F)c4ccccc34)C(=O)N2C)c1. The molecule has 6 nitrogen and oxygen atoms in total. The number of hydrogen-bond acceptors (Lipinski definition) is 5. The summed E-state index contributed by atoms with van der Waals surface area (Å²) in [5, 5.41) is 1.49. The van der Waals surface area contributed by atoms with Crippen LogP contribution in [0.1, 0.15) is 27.2 Å². The van der Waals surface area contributed by atoms with Crippen molar-refractivity contribution in [1.82, 2.24) is 9.47 Å². The van der Waals surface area contributed by atoms with E-state index >= 15 is 0 Å². The van der Waals surface area contributed by atoms with Crippen molar-refractivity contribution in [1.29, 1.82) is 0 Å². The number of para-hydroxylation sites is 1. The smallest absolute Gasteiger partial charge is 0.337 e. The van der Waals surface area contributed by atoms with E-state index in [1.54, 1.807) is 43.4 Å². The number of fused-ring (bicyclic) bond motifs is 1. The molecule has 1 aliphatic heterocycles. The molecule has 0 bridgehead atoms. The van der Waals surface area contributed by atoms with Gasteiger partial charge < -0.3 is 9.30 Å². The van der Waals surface area contributed by atoms with E-state index in [0.717, 1.165) is 22.2 Å². The molecule has 0 spiro atoms. The molecule has 1 saturated heterocycles. The van der Waals surface area contributed by atoms with Crippen LogP contribution in [0.2, 0.25) is 0 Å². The Balaban J connectivity index is 1.53. The number of carbonyl (C=O) groups excluding carboxylic acids is 2. The molecule has 0 radical (unpaired) electrons. The van der Waals surface area contributed by atoms with E-state index in [9.17, 15) is 14.0 Å². The number of aliphatic imine (C=N–C) groups is 1. The zero-order valence-corrected chi connectivity index (χ0v) is 21.4. The summed E-state index contributed by atoms with van der Waals surface area (Å²) in [6, 6.07) is 21.4. The second-order valence-corrected chi connectivity index (χ2v) is 9.61. The van der Waals surface area contributed by atoms with E-state index in [0.29, 0.717) is 33.4 Å². The molecule has 3 aromatic carbocycles. The number of amides is 1. The number of amidine groups is 1. The van der Waals surface area contributed by atoms with E-state index in [-0.39, 0.29) is 11.7 Å². The molecule has 4 aromatic rings. The molecular weight excluding hydrogens is 489 g/mol. The monoisotopic (exact) mass is 513 g/mol. The number of methoxy groups -OCH3 is 1. The number of likely N-dealkylation sites (N-methyl/N-ethyl adjacent to an activating group) is 1. The van der Waals surface area contributed by atoms with Crippen LogP contribution in [0.4, 0.5) is 10.1 Å². The van der Waals surface area contributed by atoms with Crippen molar-refractivity contribution in [2.75, 3.05) is 14.2 Å². The Kier molecular flexibility index (Phi) is 6.67. The molecule has 1 fully saturated rings. The number of hydrogen-bond donors (Lipinski definition) is 0. The Morgan fingerprint density at radius 1 is 1.08 bits per heavy atom. The van der Waals surface area contributed by atoms with E-state index in [1.807, 2.05) is 43.3 Å². The van der Waals surface area contributed by atoms with Gasteiger partial charge in [-0.1, -0.05) is 42.5 Å². The maximum absolute atomic E-state index is 14.4. The zero-order chi connectivity index (χ0) is 26.1. The Morgan fingerprint density at radius 3 is 2.62 bits per heavy atom. The van der Waals surface area contributed by atoms with Gasteiger partial charge in [-0.25, -0.2) is 14.2 Å². The van der Waals surface area contributed by atoms with Crippen LogP contribution in [-0.2, 0) is 16.1 Å². The van der Waals surface area contributed by atoms with E-state index in [4.69, 9.17) is 4.74 Å². The third-order valence-corrected chi connectivity index (χ3v) is 7.40. The van der Waals surface area contributed by atoms with Crippen LogP contribution in [0.3, 0.4) is 0 Å². The predicted molar refractivity (Wildman–Crippen MR) is 145 cm³/mol. The Labute approximate surface area is 218 Å². The highest BCUT2D eigenvalue weighted by molar-refractivity contribution is 8.18. The van der Waals surface area contributed by atoms with Gasteiger partial charge in [-0.15, -0.1) is 0 Å².